The molecule has 0 aliphatic rings. The molecule has 0 saturated carbocycles. The van der Waals surface area contributed by atoms with Gasteiger partial charge in [0.05, 0.1) is 12.8 Å². The van der Waals surface area contributed by atoms with Crippen molar-refractivity contribution in [3.8, 4) is 0 Å². The minimum Gasteiger partial charge on any atom is -0.467 e. The highest BCUT2D eigenvalue weighted by Crippen LogP contribution is 2.15. The van der Waals surface area contributed by atoms with Crippen LogP contribution < -0.4 is 5.32 Å². The summed E-state index contributed by atoms with van der Waals surface area (Å²) in [5.41, 5.74) is 4.16. The predicted octanol–water partition coefficient (Wildman–Crippen LogP) is 5.41. The number of carbonyl (C=O) groups is 2. The highest BCUT2D eigenvalue weighted by atomic mass is 16.3. The molecule has 0 spiro atoms. The molecule has 6 nitrogen and oxygen atoms in total. The number of amides is 3. The lowest BCUT2D eigenvalue weighted by molar-refractivity contribution is -0.132. The van der Waals surface area contributed by atoms with Crippen LogP contribution in [-0.2, 0) is 17.8 Å². The third-order valence-electron chi connectivity index (χ3n) is 5.66. The first-order chi connectivity index (χ1) is 16.0. The van der Waals surface area contributed by atoms with E-state index in [0.29, 0.717) is 19.6 Å². The molecule has 0 radical (unpaired) electrons. The van der Waals surface area contributed by atoms with Crippen LogP contribution in [0.15, 0.2) is 71.3 Å². The maximum absolute atomic E-state index is 13.3. The third kappa shape index (κ3) is 7.24. The Bertz CT molecular complexity index is 1030. The van der Waals surface area contributed by atoms with Crippen molar-refractivity contribution < 1.29 is 14.0 Å². The topological polar surface area (TPSA) is 65.8 Å². The third-order valence-corrected chi connectivity index (χ3v) is 5.66. The van der Waals surface area contributed by atoms with E-state index in [1.807, 2.05) is 69.3 Å². The number of hydrogen-bond acceptors (Lipinski definition) is 3. The smallest absolute Gasteiger partial charge is 0.322 e. The summed E-state index contributed by atoms with van der Waals surface area (Å²) in [5, 5.41) is 2.94. The molecule has 0 fully saturated rings. The molecule has 0 saturated heterocycles. The fourth-order valence-electron chi connectivity index (χ4n) is 3.60. The summed E-state index contributed by atoms with van der Waals surface area (Å²) in [6.45, 7) is 7.47. The monoisotopic (exact) mass is 447 g/mol. The van der Waals surface area contributed by atoms with Crippen molar-refractivity contribution in [2.45, 2.75) is 40.2 Å². The Morgan fingerprint density at radius 2 is 1.70 bits per heavy atom. The van der Waals surface area contributed by atoms with Gasteiger partial charge in [0.1, 0.15) is 12.3 Å². The fourth-order valence-corrected chi connectivity index (χ4v) is 3.60. The van der Waals surface area contributed by atoms with E-state index < -0.39 is 0 Å². The molecule has 0 aliphatic carbocycles. The SMILES string of the molecule is CCCN(CC(=O)N(CCc1ccccc1)Cc1ccco1)C(=O)Nc1ccc(C)c(C)c1. The first-order valence-corrected chi connectivity index (χ1v) is 11.4. The van der Waals surface area contributed by atoms with Gasteiger partial charge in [-0.2, -0.15) is 0 Å². The Morgan fingerprint density at radius 1 is 0.909 bits per heavy atom. The highest BCUT2D eigenvalue weighted by molar-refractivity contribution is 5.92. The molecular weight excluding hydrogens is 414 g/mol. The van der Waals surface area contributed by atoms with Gasteiger partial charge in [0, 0.05) is 18.8 Å². The maximum Gasteiger partial charge on any atom is 0.322 e. The Kier molecular flexibility index (Phi) is 8.70. The molecule has 3 amide bonds. The van der Waals surface area contributed by atoms with Gasteiger partial charge in [-0.3, -0.25) is 4.79 Å². The van der Waals surface area contributed by atoms with Crippen molar-refractivity contribution in [3.63, 3.8) is 0 Å². The molecule has 0 atom stereocenters. The zero-order valence-electron chi connectivity index (χ0n) is 19.7. The van der Waals surface area contributed by atoms with Gasteiger partial charge in [0.25, 0.3) is 0 Å². The van der Waals surface area contributed by atoms with Crippen LogP contribution in [-0.4, -0.2) is 41.4 Å². The van der Waals surface area contributed by atoms with E-state index in [4.69, 9.17) is 4.42 Å². The van der Waals surface area contributed by atoms with Gasteiger partial charge >= 0.3 is 6.03 Å². The number of anilines is 1. The lowest BCUT2D eigenvalue weighted by Gasteiger charge is -2.27. The summed E-state index contributed by atoms with van der Waals surface area (Å²) < 4.78 is 5.48. The van der Waals surface area contributed by atoms with E-state index in [1.54, 1.807) is 16.1 Å². The van der Waals surface area contributed by atoms with Crippen LogP contribution in [0.1, 0.15) is 35.8 Å². The van der Waals surface area contributed by atoms with Crippen LogP contribution >= 0.6 is 0 Å². The van der Waals surface area contributed by atoms with Crippen LogP contribution in [0.4, 0.5) is 10.5 Å². The van der Waals surface area contributed by atoms with E-state index >= 15 is 0 Å². The molecule has 174 valence electrons. The van der Waals surface area contributed by atoms with E-state index in [1.165, 1.54) is 5.56 Å². The molecule has 0 aliphatic heterocycles. The molecule has 2 aromatic carbocycles. The number of furan rings is 1. The summed E-state index contributed by atoms with van der Waals surface area (Å²) in [4.78, 5) is 29.6. The number of carbonyl (C=O) groups excluding carboxylic acids is 2. The van der Waals surface area contributed by atoms with Gasteiger partial charge in [-0.05, 0) is 67.6 Å². The van der Waals surface area contributed by atoms with Crippen molar-refractivity contribution in [2.24, 2.45) is 0 Å². The van der Waals surface area contributed by atoms with Crippen LogP contribution in [0.2, 0.25) is 0 Å². The molecule has 1 N–H and O–H groups in total. The zero-order chi connectivity index (χ0) is 23.6. The molecule has 1 aromatic heterocycles. The first kappa shape index (κ1) is 24.1. The van der Waals surface area contributed by atoms with Gasteiger partial charge in [-0.1, -0.05) is 43.3 Å². The Labute approximate surface area is 196 Å². The normalized spacial score (nSPS) is 10.6. The molecule has 3 rings (SSSR count). The van der Waals surface area contributed by atoms with Crippen molar-refractivity contribution >= 4 is 17.6 Å². The van der Waals surface area contributed by atoms with Gasteiger partial charge < -0.3 is 19.5 Å². The van der Waals surface area contributed by atoms with Crippen LogP contribution in [0, 0.1) is 13.8 Å². The average molecular weight is 448 g/mol. The molecule has 33 heavy (non-hydrogen) atoms. The number of benzene rings is 2. The zero-order valence-corrected chi connectivity index (χ0v) is 19.7. The predicted molar refractivity (Wildman–Crippen MR) is 131 cm³/mol. The van der Waals surface area contributed by atoms with Crippen LogP contribution in [0.5, 0.6) is 0 Å². The maximum atomic E-state index is 13.3. The number of hydrogen-bond donors (Lipinski definition) is 1. The van der Waals surface area contributed by atoms with E-state index in [-0.39, 0.29) is 18.5 Å². The molecule has 6 heteroatoms. The van der Waals surface area contributed by atoms with Gasteiger partial charge in [-0.25, -0.2) is 4.79 Å². The van der Waals surface area contributed by atoms with Crippen LogP contribution in [0.3, 0.4) is 0 Å². The lowest BCUT2D eigenvalue weighted by atomic mass is 10.1. The fraction of sp³-hybridized carbons (Fsp3) is 0.333. The van der Waals surface area contributed by atoms with Gasteiger partial charge in [-0.15, -0.1) is 0 Å². The number of nitrogens with zero attached hydrogens (tertiary/aromatic N) is 2. The second-order valence-corrected chi connectivity index (χ2v) is 8.28. The summed E-state index contributed by atoms with van der Waals surface area (Å²) in [7, 11) is 0. The summed E-state index contributed by atoms with van der Waals surface area (Å²) in [6, 6.07) is 19.3. The molecular formula is C27H33N3O3. The standard InChI is InChI=1S/C27H33N3O3/c1-4-15-30(27(32)28-24-13-12-21(2)22(3)18-24)20-26(31)29(19-25-11-8-17-33-25)16-14-23-9-6-5-7-10-23/h5-13,17-18H,4,14-16,19-20H2,1-3H3,(H,28,32). The Morgan fingerprint density at radius 3 is 2.36 bits per heavy atom. The van der Waals surface area contributed by atoms with Crippen molar-refractivity contribution in [3.05, 3.63) is 89.4 Å². The van der Waals surface area contributed by atoms with E-state index in [2.05, 4.69) is 17.4 Å². The average Bonchev–Trinajstić information content (AvgIpc) is 3.32. The van der Waals surface area contributed by atoms with Gasteiger partial charge in [0.2, 0.25) is 5.91 Å². The number of nitrogens with one attached hydrogen (secondary N) is 1. The number of urea groups is 1. The molecule has 0 bridgehead atoms. The Balaban J connectivity index is 1.68. The largest absolute Gasteiger partial charge is 0.467 e. The molecule has 3 aromatic rings. The summed E-state index contributed by atoms with van der Waals surface area (Å²) in [6.07, 6.45) is 3.10. The number of aryl methyl sites for hydroxylation is 2. The lowest BCUT2D eigenvalue weighted by Crippen LogP contribution is -2.45. The minimum atomic E-state index is -0.269. The molecule has 1 heterocycles. The van der Waals surface area contributed by atoms with E-state index in [0.717, 1.165) is 35.4 Å². The second-order valence-electron chi connectivity index (χ2n) is 8.28. The highest BCUT2D eigenvalue weighted by Gasteiger charge is 2.22. The number of rotatable bonds is 10. The van der Waals surface area contributed by atoms with E-state index in [9.17, 15) is 9.59 Å². The minimum absolute atomic E-state index is 0.0139. The first-order valence-electron chi connectivity index (χ1n) is 11.4. The van der Waals surface area contributed by atoms with Gasteiger partial charge in [0.15, 0.2) is 0 Å². The van der Waals surface area contributed by atoms with Crippen LogP contribution in [0.25, 0.3) is 0 Å². The molecule has 0 unspecified atom stereocenters. The van der Waals surface area contributed by atoms with Crippen molar-refractivity contribution in [1.82, 2.24) is 9.80 Å². The summed E-state index contributed by atoms with van der Waals surface area (Å²) in [5.74, 6) is 0.615. The van der Waals surface area contributed by atoms with Crippen molar-refractivity contribution in [2.75, 3.05) is 25.0 Å². The summed E-state index contributed by atoms with van der Waals surface area (Å²) >= 11 is 0. The quantitative estimate of drug-likeness (QED) is 0.452. The second kappa shape index (κ2) is 11.9. The Hall–Kier alpha value is -3.54. The van der Waals surface area contributed by atoms with Crippen molar-refractivity contribution in [1.29, 1.82) is 0 Å².